The maximum atomic E-state index is 13.5. The molecule has 2 aromatic rings. The summed E-state index contributed by atoms with van der Waals surface area (Å²) in [5.41, 5.74) is 0.393. The van der Waals surface area contributed by atoms with Crippen LogP contribution in [0.2, 0.25) is 0 Å². The lowest BCUT2D eigenvalue weighted by Crippen LogP contribution is -2.13. The number of Topliss-reactive ketones (excluding diaryl/α,β-unsaturated/α-hetero) is 1. The molecule has 0 amide bonds. The number of carbonyl (C=O) groups is 1. The Morgan fingerprint density at radius 3 is 2.67 bits per heavy atom. The smallest absolute Gasteiger partial charge is 0.203 e. The zero-order chi connectivity index (χ0) is 15.2. The quantitative estimate of drug-likeness (QED) is 0.792. The molecular formula is C16H12FNO3. The van der Waals surface area contributed by atoms with Gasteiger partial charge in [0.25, 0.3) is 0 Å². The molecule has 4 nitrogen and oxygen atoms in total. The molecule has 2 aromatic carbocycles. The average molecular weight is 285 g/mol. The van der Waals surface area contributed by atoms with Crippen LogP contribution in [0.1, 0.15) is 15.9 Å². The first kappa shape index (κ1) is 14.5. The molecule has 21 heavy (non-hydrogen) atoms. The first-order chi connectivity index (χ1) is 10.2. The van der Waals surface area contributed by atoms with Gasteiger partial charge in [0.05, 0.1) is 24.3 Å². The highest BCUT2D eigenvalue weighted by atomic mass is 19.1. The van der Waals surface area contributed by atoms with E-state index in [1.165, 1.54) is 37.4 Å². The molecule has 0 bridgehead atoms. The van der Waals surface area contributed by atoms with Gasteiger partial charge in [0.1, 0.15) is 5.82 Å². The number of hydrogen-bond donors (Lipinski definition) is 0. The Bertz CT molecular complexity index is 707. The van der Waals surface area contributed by atoms with Gasteiger partial charge in [-0.1, -0.05) is 12.1 Å². The van der Waals surface area contributed by atoms with E-state index >= 15 is 0 Å². The van der Waals surface area contributed by atoms with E-state index in [9.17, 15) is 9.18 Å². The number of nitrogens with zero attached hydrogens (tertiary/aromatic N) is 1. The molecule has 0 atom stereocenters. The van der Waals surface area contributed by atoms with E-state index < -0.39 is 11.6 Å². The monoisotopic (exact) mass is 285 g/mol. The van der Waals surface area contributed by atoms with E-state index in [-0.39, 0.29) is 12.2 Å². The first-order valence-electron chi connectivity index (χ1n) is 6.14. The van der Waals surface area contributed by atoms with Crippen LogP contribution in [0.15, 0.2) is 42.5 Å². The molecule has 0 unspecified atom stereocenters. The molecule has 0 N–H and O–H groups in total. The number of nitriles is 1. The van der Waals surface area contributed by atoms with E-state index in [0.29, 0.717) is 17.1 Å². The van der Waals surface area contributed by atoms with Crippen molar-refractivity contribution in [2.75, 3.05) is 13.7 Å². The van der Waals surface area contributed by atoms with Crippen LogP contribution >= 0.6 is 0 Å². The van der Waals surface area contributed by atoms with Crippen LogP contribution in [-0.4, -0.2) is 19.5 Å². The molecule has 0 spiro atoms. The van der Waals surface area contributed by atoms with Crippen LogP contribution in [-0.2, 0) is 0 Å². The fourth-order valence-electron chi connectivity index (χ4n) is 1.76. The van der Waals surface area contributed by atoms with Crippen molar-refractivity contribution in [1.82, 2.24) is 0 Å². The number of halogens is 1. The van der Waals surface area contributed by atoms with Gasteiger partial charge in [-0.15, -0.1) is 0 Å². The van der Waals surface area contributed by atoms with Crippen LogP contribution < -0.4 is 9.47 Å². The first-order valence-corrected chi connectivity index (χ1v) is 6.14. The number of ketones is 1. The van der Waals surface area contributed by atoms with Crippen molar-refractivity contribution in [3.8, 4) is 17.6 Å². The minimum Gasteiger partial charge on any atom is -0.493 e. The van der Waals surface area contributed by atoms with Gasteiger partial charge in [-0.3, -0.25) is 4.79 Å². The van der Waals surface area contributed by atoms with E-state index in [1.54, 1.807) is 12.1 Å². The number of methoxy groups -OCH3 is 1. The highest BCUT2D eigenvalue weighted by Gasteiger charge is 2.13. The van der Waals surface area contributed by atoms with Crippen molar-refractivity contribution in [3.63, 3.8) is 0 Å². The molecule has 0 radical (unpaired) electrons. The summed E-state index contributed by atoms with van der Waals surface area (Å²) in [6, 6.07) is 12.3. The average Bonchev–Trinajstić information content (AvgIpc) is 2.52. The Hall–Kier alpha value is -2.87. The minimum atomic E-state index is -0.585. The molecule has 0 fully saturated rings. The van der Waals surface area contributed by atoms with Gasteiger partial charge >= 0.3 is 0 Å². The van der Waals surface area contributed by atoms with E-state index in [0.717, 1.165) is 0 Å². The molecule has 2 rings (SSSR count). The standard InChI is InChI=1S/C16H12FNO3/c1-20-16-8-11(9-18)6-7-15(16)21-10-14(19)12-4-2-3-5-13(12)17/h2-8H,10H2,1H3. The maximum absolute atomic E-state index is 13.5. The van der Waals surface area contributed by atoms with Crippen molar-refractivity contribution in [2.24, 2.45) is 0 Å². The summed E-state index contributed by atoms with van der Waals surface area (Å²) in [4.78, 5) is 11.9. The van der Waals surface area contributed by atoms with E-state index in [4.69, 9.17) is 14.7 Å². The lowest BCUT2D eigenvalue weighted by molar-refractivity contribution is 0.0915. The van der Waals surface area contributed by atoms with Crippen molar-refractivity contribution >= 4 is 5.78 Å². The molecule has 0 saturated heterocycles. The summed E-state index contributed by atoms with van der Waals surface area (Å²) in [5, 5.41) is 8.80. The summed E-state index contributed by atoms with van der Waals surface area (Å²) < 4.78 is 23.9. The van der Waals surface area contributed by atoms with Gasteiger partial charge < -0.3 is 9.47 Å². The van der Waals surface area contributed by atoms with E-state index in [2.05, 4.69) is 0 Å². The summed E-state index contributed by atoms with van der Waals surface area (Å²) in [6.07, 6.45) is 0. The molecule has 106 valence electrons. The molecule has 0 saturated carbocycles. The zero-order valence-electron chi connectivity index (χ0n) is 11.3. The van der Waals surface area contributed by atoms with Gasteiger partial charge in [0.2, 0.25) is 5.78 Å². The van der Waals surface area contributed by atoms with Crippen LogP contribution in [0, 0.1) is 17.1 Å². The SMILES string of the molecule is COc1cc(C#N)ccc1OCC(=O)c1ccccc1F. The number of ether oxygens (including phenoxy) is 2. The highest BCUT2D eigenvalue weighted by molar-refractivity contribution is 5.97. The third kappa shape index (κ3) is 3.37. The zero-order valence-corrected chi connectivity index (χ0v) is 11.3. The number of carbonyl (C=O) groups excluding carboxylic acids is 1. The molecule has 5 heteroatoms. The van der Waals surface area contributed by atoms with Crippen LogP contribution in [0.3, 0.4) is 0 Å². The number of benzene rings is 2. The fourth-order valence-corrected chi connectivity index (χ4v) is 1.76. The summed E-state index contributed by atoms with van der Waals surface area (Å²) in [5.74, 6) is -0.394. The van der Waals surface area contributed by atoms with Crippen molar-refractivity contribution in [1.29, 1.82) is 5.26 Å². The lowest BCUT2D eigenvalue weighted by atomic mass is 10.1. The second-order valence-corrected chi connectivity index (χ2v) is 4.17. The minimum absolute atomic E-state index is 0.0230. The normalized spacial score (nSPS) is 9.76. The third-order valence-electron chi connectivity index (χ3n) is 2.83. The van der Waals surface area contributed by atoms with Gasteiger partial charge in [-0.05, 0) is 24.3 Å². The molecule has 0 aliphatic carbocycles. The van der Waals surface area contributed by atoms with Crippen molar-refractivity contribution < 1.29 is 18.7 Å². The van der Waals surface area contributed by atoms with E-state index in [1.807, 2.05) is 6.07 Å². The Labute approximate surface area is 121 Å². The predicted octanol–water partition coefficient (Wildman–Crippen LogP) is 2.97. The summed E-state index contributed by atoms with van der Waals surface area (Å²) in [6.45, 7) is -0.316. The summed E-state index contributed by atoms with van der Waals surface area (Å²) >= 11 is 0. The van der Waals surface area contributed by atoms with Crippen LogP contribution in [0.25, 0.3) is 0 Å². The molecule has 0 aliphatic rings. The number of rotatable bonds is 5. The topological polar surface area (TPSA) is 59.3 Å². The van der Waals surface area contributed by atoms with Gasteiger partial charge in [-0.25, -0.2) is 4.39 Å². The molecular weight excluding hydrogens is 273 g/mol. The van der Waals surface area contributed by atoms with Crippen LogP contribution in [0.5, 0.6) is 11.5 Å². The Morgan fingerprint density at radius 1 is 1.24 bits per heavy atom. The summed E-state index contributed by atoms with van der Waals surface area (Å²) in [7, 11) is 1.43. The second-order valence-electron chi connectivity index (χ2n) is 4.17. The largest absolute Gasteiger partial charge is 0.493 e. The van der Waals surface area contributed by atoms with Crippen molar-refractivity contribution in [2.45, 2.75) is 0 Å². The Balaban J connectivity index is 2.12. The Morgan fingerprint density at radius 2 is 2.00 bits per heavy atom. The molecule has 0 aliphatic heterocycles. The maximum Gasteiger partial charge on any atom is 0.203 e. The number of hydrogen-bond acceptors (Lipinski definition) is 4. The Kier molecular flexibility index (Phi) is 4.52. The third-order valence-corrected chi connectivity index (χ3v) is 2.83. The van der Waals surface area contributed by atoms with Gasteiger partial charge in [0.15, 0.2) is 18.1 Å². The molecule has 0 heterocycles. The van der Waals surface area contributed by atoms with Crippen LogP contribution in [0.4, 0.5) is 4.39 Å². The van der Waals surface area contributed by atoms with Crippen molar-refractivity contribution in [3.05, 3.63) is 59.4 Å². The predicted molar refractivity (Wildman–Crippen MR) is 73.9 cm³/mol. The van der Waals surface area contributed by atoms with Gasteiger partial charge in [-0.2, -0.15) is 5.26 Å². The lowest BCUT2D eigenvalue weighted by Gasteiger charge is -2.10. The molecule has 0 aromatic heterocycles. The van der Waals surface area contributed by atoms with Gasteiger partial charge in [0, 0.05) is 6.07 Å². The second kappa shape index (κ2) is 6.53. The highest BCUT2D eigenvalue weighted by Crippen LogP contribution is 2.28. The fraction of sp³-hybridized carbons (Fsp3) is 0.125.